The largest absolute Gasteiger partial charge is 0.497 e. The van der Waals surface area contributed by atoms with Gasteiger partial charge in [-0.2, -0.15) is 0 Å². The molecule has 29 heavy (non-hydrogen) atoms. The van der Waals surface area contributed by atoms with Crippen LogP contribution in [-0.4, -0.2) is 31.8 Å². The van der Waals surface area contributed by atoms with Gasteiger partial charge in [0.05, 0.1) is 20.3 Å². The normalized spacial score (nSPS) is 18.0. The first-order valence-electron chi connectivity index (χ1n) is 9.84. The maximum Gasteiger partial charge on any atom is 0.261 e. The van der Waals surface area contributed by atoms with Gasteiger partial charge in [0.2, 0.25) is 0 Å². The number of amides is 1. The highest BCUT2D eigenvalue weighted by molar-refractivity contribution is 5.81. The highest BCUT2D eigenvalue weighted by atomic mass is 16.5. The van der Waals surface area contributed by atoms with E-state index in [1.54, 1.807) is 20.3 Å². The molecule has 0 radical (unpaired) electrons. The summed E-state index contributed by atoms with van der Waals surface area (Å²) >= 11 is 0. The van der Waals surface area contributed by atoms with Crippen LogP contribution in [0, 0.1) is 0 Å². The molecule has 0 spiro atoms. The fraction of sp³-hybridized carbons (Fsp3) is 0.435. The van der Waals surface area contributed by atoms with Crippen LogP contribution in [0.25, 0.3) is 0 Å². The number of hydrogen-bond acceptors (Lipinski definition) is 5. The van der Waals surface area contributed by atoms with Gasteiger partial charge in [0.1, 0.15) is 17.1 Å². The van der Waals surface area contributed by atoms with Crippen molar-refractivity contribution < 1.29 is 23.7 Å². The second-order valence-electron chi connectivity index (χ2n) is 7.70. The van der Waals surface area contributed by atoms with Gasteiger partial charge in [-0.15, -0.1) is 0 Å². The molecule has 0 aliphatic carbocycles. The van der Waals surface area contributed by atoms with E-state index in [2.05, 4.69) is 5.32 Å². The molecule has 1 aliphatic heterocycles. The first-order chi connectivity index (χ1) is 13.9. The molecule has 0 saturated carbocycles. The zero-order chi connectivity index (χ0) is 21.0. The molecule has 2 aromatic rings. The van der Waals surface area contributed by atoms with Gasteiger partial charge in [-0.05, 0) is 44.5 Å². The lowest BCUT2D eigenvalue weighted by Crippen LogP contribution is -2.45. The molecule has 6 heteroatoms. The first-order valence-corrected chi connectivity index (χ1v) is 9.84. The molecule has 2 atom stereocenters. The number of hydrogen-bond donors (Lipinski definition) is 1. The Morgan fingerprint density at radius 2 is 1.90 bits per heavy atom. The number of carbonyl (C=O) groups is 1. The van der Waals surface area contributed by atoms with E-state index in [-0.39, 0.29) is 11.9 Å². The van der Waals surface area contributed by atoms with Crippen LogP contribution >= 0.6 is 0 Å². The van der Waals surface area contributed by atoms with Crippen molar-refractivity contribution in [3.05, 3.63) is 48.0 Å². The van der Waals surface area contributed by atoms with Crippen LogP contribution in [0.4, 0.5) is 0 Å². The topological polar surface area (TPSA) is 66.0 Å². The quantitative estimate of drug-likeness (QED) is 0.753. The average Bonchev–Trinajstić information content (AvgIpc) is 2.70. The molecular weight excluding hydrogens is 370 g/mol. The molecule has 1 amide bonds. The van der Waals surface area contributed by atoms with E-state index in [4.69, 9.17) is 18.9 Å². The van der Waals surface area contributed by atoms with Gasteiger partial charge in [0, 0.05) is 18.1 Å². The SMILES string of the molecule is CC[C@@H](Oc1ccccc1OC)C(=O)N[C@H]1CC(C)(C)Oc2cc(OC)ccc21. The zero-order valence-electron chi connectivity index (χ0n) is 17.7. The van der Waals surface area contributed by atoms with Gasteiger partial charge in [0.25, 0.3) is 5.91 Å². The number of para-hydroxylation sites is 2. The molecule has 6 nitrogen and oxygen atoms in total. The lowest BCUT2D eigenvalue weighted by Gasteiger charge is -2.38. The number of benzene rings is 2. The molecular formula is C23H29NO5. The van der Waals surface area contributed by atoms with Crippen LogP contribution in [0.15, 0.2) is 42.5 Å². The molecule has 156 valence electrons. The standard InChI is InChI=1S/C23H29NO5/c1-6-18(28-20-10-8-7-9-19(20)27-5)22(25)24-17-14-23(2,3)29-21-13-15(26-4)11-12-16(17)21/h7-13,17-18H,6,14H2,1-5H3,(H,24,25)/t17-,18+/m0/s1. The predicted molar refractivity (Wildman–Crippen MR) is 111 cm³/mol. The highest BCUT2D eigenvalue weighted by Crippen LogP contribution is 2.41. The predicted octanol–water partition coefficient (Wildman–Crippen LogP) is 4.28. The molecule has 0 fully saturated rings. The minimum absolute atomic E-state index is 0.164. The van der Waals surface area contributed by atoms with E-state index in [0.29, 0.717) is 24.3 Å². The van der Waals surface area contributed by atoms with Gasteiger partial charge in [-0.1, -0.05) is 19.1 Å². The van der Waals surface area contributed by atoms with Gasteiger partial charge in [-0.3, -0.25) is 4.79 Å². The minimum Gasteiger partial charge on any atom is -0.497 e. The molecule has 0 unspecified atom stereocenters. The monoisotopic (exact) mass is 399 g/mol. The molecule has 1 heterocycles. The maximum absolute atomic E-state index is 13.0. The van der Waals surface area contributed by atoms with E-state index < -0.39 is 11.7 Å². The first kappa shape index (κ1) is 20.8. The van der Waals surface area contributed by atoms with Crippen molar-refractivity contribution in [1.29, 1.82) is 0 Å². The van der Waals surface area contributed by atoms with Gasteiger partial charge >= 0.3 is 0 Å². The summed E-state index contributed by atoms with van der Waals surface area (Å²) in [6.07, 6.45) is 0.564. The van der Waals surface area contributed by atoms with Crippen molar-refractivity contribution in [2.45, 2.75) is 51.4 Å². The van der Waals surface area contributed by atoms with Crippen molar-refractivity contribution in [3.8, 4) is 23.0 Å². The Kier molecular flexibility index (Phi) is 6.20. The molecule has 1 aliphatic rings. The summed E-state index contributed by atoms with van der Waals surface area (Å²) in [5.41, 5.74) is 0.522. The number of rotatable bonds is 7. The van der Waals surface area contributed by atoms with Crippen LogP contribution in [0.2, 0.25) is 0 Å². The lowest BCUT2D eigenvalue weighted by molar-refractivity contribution is -0.129. The zero-order valence-corrected chi connectivity index (χ0v) is 17.7. The Morgan fingerprint density at radius 3 is 2.55 bits per heavy atom. The Bertz CT molecular complexity index is 864. The van der Waals surface area contributed by atoms with Crippen molar-refractivity contribution in [2.75, 3.05) is 14.2 Å². The summed E-state index contributed by atoms with van der Waals surface area (Å²) in [4.78, 5) is 13.0. The van der Waals surface area contributed by atoms with E-state index >= 15 is 0 Å². The van der Waals surface area contributed by atoms with Crippen LogP contribution in [-0.2, 0) is 4.79 Å². The van der Waals surface area contributed by atoms with E-state index in [9.17, 15) is 4.79 Å². The Hall–Kier alpha value is -2.89. The number of methoxy groups -OCH3 is 2. The van der Waals surface area contributed by atoms with Crippen molar-refractivity contribution in [2.24, 2.45) is 0 Å². The average molecular weight is 399 g/mol. The Morgan fingerprint density at radius 1 is 1.17 bits per heavy atom. The van der Waals surface area contributed by atoms with E-state index in [1.165, 1.54) is 0 Å². The minimum atomic E-state index is -0.626. The van der Waals surface area contributed by atoms with Crippen molar-refractivity contribution in [1.82, 2.24) is 5.32 Å². The van der Waals surface area contributed by atoms with Crippen LogP contribution in [0.1, 0.15) is 45.2 Å². The molecule has 2 aromatic carbocycles. The summed E-state index contributed by atoms with van der Waals surface area (Å²) in [6, 6.07) is 12.8. The fourth-order valence-corrected chi connectivity index (χ4v) is 3.54. The van der Waals surface area contributed by atoms with Gasteiger partial charge < -0.3 is 24.3 Å². The molecule has 0 bridgehead atoms. The van der Waals surface area contributed by atoms with Crippen LogP contribution in [0.3, 0.4) is 0 Å². The molecule has 1 N–H and O–H groups in total. The summed E-state index contributed by atoms with van der Waals surface area (Å²) < 4.78 is 22.7. The fourth-order valence-electron chi connectivity index (χ4n) is 3.54. The highest BCUT2D eigenvalue weighted by Gasteiger charge is 2.36. The second kappa shape index (κ2) is 8.64. The third-order valence-electron chi connectivity index (χ3n) is 5.00. The van der Waals surface area contributed by atoms with E-state index in [0.717, 1.165) is 17.1 Å². The third-order valence-corrected chi connectivity index (χ3v) is 5.00. The van der Waals surface area contributed by atoms with Crippen LogP contribution in [0.5, 0.6) is 23.0 Å². The smallest absolute Gasteiger partial charge is 0.261 e. The van der Waals surface area contributed by atoms with E-state index in [1.807, 2.05) is 57.2 Å². The van der Waals surface area contributed by atoms with Crippen molar-refractivity contribution >= 4 is 5.91 Å². The van der Waals surface area contributed by atoms with Crippen molar-refractivity contribution in [3.63, 3.8) is 0 Å². The van der Waals surface area contributed by atoms with Crippen LogP contribution < -0.4 is 24.3 Å². The summed E-state index contributed by atoms with van der Waals surface area (Å²) in [7, 11) is 3.20. The number of nitrogens with one attached hydrogen (secondary N) is 1. The maximum atomic E-state index is 13.0. The molecule has 0 saturated heterocycles. The van der Waals surface area contributed by atoms with Gasteiger partial charge in [0.15, 0.2) is 17.6 Å². The summed E-state index contributed by atoms with van der Waals surface area (Å²) in [6.45, 7) is 5.95. The summed E-state index contributed by atoms with van der Waals surface area (Å²) in [5.74, 6) is 2.43. The Balaban J connectivity index is 1.80. The van der Waals surface area contributed by atoms with Gasteiger partial charge in [-0.25, -0.2) is 0 Å². The second-order valence-corrected chi connectivity index (χ2v) is 7.70. The molecule has 3 rings (SSSR count). The molecule has 0 aromatic heterocycles. The Labute approximate surface area is 172 Å². The summed E-state index contributed by atoms with van der Waals surface area (Å²) in [5, 5.41) is 3.15. The number of fused-ring (bicyclic) bond motifs is 1. The lowest BCUT2D eigenvalue weighted by atomic mass is 9.89. The third kappa shape index (κ3) is 4.75. The number of ether oxygens (including phenoxy) is 4. The number of carbonyl (C=O) groups excluding carboxylic acids is 1.